The fraction of sp³-hybridized carbons (Fsp3) is 0.597. The zero-order valence-electron chi connectivity index (χ0n) is 48.9. The molecule has 0 bridgehead atoms. The van der Waals surface area contributed by atoms with Crippen LogP contribution in [0.3, 0.4) is 0 Å². The van der Waals surface area contributed by atoms with Crippen LogP contribution >= 0.6 is 0 Å². The molecule has 2 fully saturated rings. The van der Waals surface area contributed by atoms with Gasteiger partial charge in [0.1, 0.15) is 54.9 Å². The highest BCUT2D eigenvalue weighted by Crippen LogP contribution is 2.26. The first-order valence-electron chi connectivity index (χ1n) is 30.1. The molecule has 0 radical (unpaired) electrons. The van der Waals surface area contributed by atoms with E-state index in [2.05, 4.69) is 172 Å². The van der Waals surface area contributed by atoms with Gasteiger partial charge in [-0.25, -0.2) is 0 Å². The Kier molecular flexibility index (Phi) is 46.0. The summed E-state index contributed by atoms with van der Waals surface area (Å²) < 4.78 is 34.3. The summed E-state index contributed by atoms with van der Waals surface area (Å²) in [7, 11) is 0. The van der Waals surface area contributed by atoms with Crippen molar-refractivity contribution in [1.29, 1.82) is 0 Å². The highest BCUT2D eigenvalue weighted by atomic mass is 16.7. The van der Waals surface area contributed by atoms with E-state index in [1.807, 2.05) is 0 Å². The summed E-state index contributed by atoms with van der Waals surface area (Å²) in [5, 5.41) is 72.4. The van der Waals surface area contributed by atoms with Gasteiger partial charge in [-0.3, -0.25) is 4.79 Å². The van der Waals surface area contributed by atoms with Crippen molar-refractivity contribution in [2.75, 3.05) is 33.0 Å². The third-order valence-electron chi connectivity index (χ3n) is 13.0. The van der Waals surface area contributed by atoms with Gasteiger partial charge >= 0.3 is 5.97 Å². The minimum absolute atomic E-state index is 0.0120. The van der Waals surface area contributed by atoms with Gasteiger partial charge in [-0.05, 0) is 122 Å². The molecule has 0 aromatic heterocycles. The largest absolute Gasteiger partial charge is 0.457 e. The van der Waals surface area contributed by atoms with Gasteiger partial charge < -0.3 is 64.2 Å². The standard InChI is InChI=1S/C67H104O14/c1-3-5-7-9-11-13-15-17-19-21-23-25-27-28-29-30-32-34-36-38-40-42-44-46-48-50-59(69)79-56(53-76-51-49-47-45-43-41-39-37-35-33-31-26-24-22-20-18-16-14-12-10-8-6-4-2)54-77-66-65(75)63(73)61(71)58(81-66)55-78-67-64(74)62(72)60(70)57(52-68)80-67/h5-8,11-14,17-20,23-26,28-29,32-35,38-41,56-58,60-68,70-75H,3-4,9-10,15-16,21-22,27,30-31,36-37,42-55H2,1-2H3/b7-5-,8-6-,13-11-,14-12-,19-17-,20-18-,25-23-,26-24-,29-28-,34-32-,35-33-,40-38-,41-39-. The average molecular weight is 1130 g/mol. The fourth-order valence-electron chi connectivity index (χ4n) is 8.27. The van der Waals surface area contributed by atoms with E-state index in [0.29, 0.717) is 13.0 Å². The second-order valence-electron chi connectivity index (χ2n) is 20.1. The number of aliphatic hydroxyl groups is 7. The first-order chi connectivity index (χ1) is 39.6. The molecule has 0 aromatic rings. The molecule has 2 heterocycles. The number of rotatable bonds is 46. The van der Waals surface area contributed by atoms with Gasteiger partial charge in [0.2, 0.25) is 0 Å². The fourth-order valence-corrected chi connectivity index (χ4v) is 8.27. The number of unbranched alkanes of at least 4 members (excludes halogenated alkanes) is 6. The molecule has 2 rings (SSSR count). The summed E-state index contributed by atoms with van der Waals surface area (Å²) in [6.07, 6.45) is 60.1. The molecule has 11 unspecified atom stereocenters. The lowest BCUT2D eigenvalue weighted by Crippen LogP contribution is -2.61. The van der Waals surface area contributed by atoms with Crippen LogP contribution in [-0.2, 0) is 33.2 Å². The van der Waals surface area contributed by atoms with E-state index in [9.17, 15) is 40.5 Å². The maximum absolute atomic E-state index is 13.1. The third kappa shape index (κ3) is 37.4. The summed E-state index contributed by atoms with van der Waals surface area (Å²) in [6.45, 7) is 3.29. The van der Waals surface area contributed by atoms with Crippen molar-refractivity contribution in [3.05, 3.63) is 158 Å². The van der Waals surface area contributed by atoms with Gasteiger partial charge in [-0.15, -0.1) is 0 Å². The summed E-state index contributed by atoms with van der Waals surface area (Å²) in [5.74, 6) is -0.428. The summed E-state index contributed by atoms with van der Waals surface area (Å²) in [4.78, 5) is 13.1. The second kappa shape index (κ2) is 51.3. The molecule has 0 aliphatic carbocycles. The van der Waals surface area contributed by atoms with Crippen molar-refractivity contribution < 1.29 is 69.0 Å². The smallest absolute Gasteiger partial charge is 0.306 e. The van der Waals surface area contributed by atoms with Crippen molar-refractivity contribution in [1.82, 2.24) is 0 Å². The van der Waals surface area contributed by atoms with Crippen LogP contribution in [0.5, 0.6) is 0 Å². The Morgan fingerprint density at radius 1 is 0.407 bits per heavy atom. The van der Waals surface area contributed by atoms with Crippen LogP contribution in [0, 0.1) is 0 Å². The van der Waals surface area contributed by atoms with Crippen LogP contribution in [0.4, 0.5) is 0 Å². The van der Waals surface area contributed by atoms with Crippen LogP contribution < -0.4 is 0 Å². The molecule has 7 N–H and O–H groups in total. The third-order valence-corrected chi connectivity index (χ3v) is 13.0. The predicted octanol–water partition coefficient (Wildman–Crippen LogP) is 11.4. The van der Waals surface area contributed by atoms with E-state index >= 15 is 0 Å². The minimum atomic E-state index is -1.73. The van der Waals surface area contributed by atoms with Gasteiger partial charge in [0, 0.05) is 13.0 Å². The van der Waals surface area contributed by atoms with Gasteiger partial charge in [0.25, 0.3) is 0 Å². The Morgan fingerprint density at radius 2 is 0.765 bits per heavy atom. The molecule has 0 aromatic carbocycles. The lowest BCUT2D eigenvalue weighted by Gasteiger charge is -2.42. The Hall–Kier alpha value is -4.39. The molecule has 2 aliphatic rings. The number of allylic oxidation sites excluding steroid dienone is 26. The molecule has 2 saturated heterocycles. The SMILES string of the molecule is CC/C=C\C/C=C\C/C=C\C/C=C\C/C=C\C/C=C\C/C=C\CCCCCC(=O)OC(COCCCCC/C=C\C/C=C\C/C=C\C/C=C\C/C=C\C/C=C\CC)COC1OC(COC2OC(CO)C(O)C(O)C2O)C(O)C(O)C1O. The molecule has 0 saturated carbocycles. The van der Waals surface area contributed by atoms with E-state index in [4.69, 9.17) is 28.4 Å². The molecule has 0 amide bonds. The number of carbonyl (C=O) groups excluding carboxylic acids is 1. The quantitative estimate of drug-likeness (QED) is 0.0172. The van der Waals surface area contributed by atoms with Gasteiger partial charge in [-0.2, -0.15) is 0 Å². The van der Waals surface area contributed by atoms with Gasteiger partial charge in [0.15, 0.2) is 12.6 Å². The molecule has 14 nitrogen and oxygen atoms in total. The number of aliphatic hydroxyl groups excluding tert-OH is 7. The zero-order valence-corrected chi connectivity index (χ0v) is 48.9. The van der Waals surface area contributed by atoms with Crippen LogP contribution in [0.1, 0.15) is 155 Å². The molecule has 456 valence electrons. The zero-order chi connectivity index (χ0) is 58.6. The van der Waals surface area contributed by atoms with E-state index < -0.39 is 86.7 Å². The van der Waals surface area contributed by atoms with Crippen molar-refractivity contribution in [2.24, 2.45) is 0 Å². The maximum Gasteiger partial charge on any atom is 0.306 e. The highest BCUT2D eigenvalue weighted by Gasteiger charge is 2.47. The molecular formula is C67H104O14. The molecule has 2 aliphatic heterocycles. The minimum Gasteiger partial charge on any atom is -0.457 e. The predicted molar refractivity (Wildman–Crippen MR) is 325 cm³/mol. The van der Waals surface area contributed by atoms with E-state index in [1.54, 1.807) is 0 Å². The number of carbonyl (C=O) groups is 1. The summed E-state index contributed by atoms with van der Waals surface area (Å²) in [6, 6.07) is 0. The lowest BCUT2D eigenvalue weighted by atomic mass is 9.98. The molecule has 0 spiro atoms. The second-order valence-corrected chi connectivity index (χ2v) is 20.1. The Bertz CT molecular complexity index is 1940. The lowest BCUT2D eigenvalue weighted by molar-refractivity contribution is -0.332. The van der Waals surface area contributed by atoms with E-state index in [0.717, 1.165) is 128 Å². The van der Waals surface area contributed by atoms with Crippen LogP contribution in [0.2, 0.25) is 0 Å². The Balaban J connectivity index is 1.76. The average Bonchev–Trinajstić information content (AvgIpc) is 3.46. The number of esters is 1. The normalized spacial score (nSPS) is 24.9. The van der Waals surface area contributed by atoms with E-state index in [-0.39, 0.29) is 19.6 Å². The van der Waals surface area contributed by atoms with Crippen molar-refractivity contribution >= 4 is 5.97 Å². The summed E-state index contributed by atoms with van der Waals surface area (Å²) >= 11 is 0. The first kappa shape index (κ1) is 72.7. The monoisotopic (exact) mass is 1130 g/mol. The summed E-state index contributed by atoms with van der Waals surface area (Å²) in [5.41, 5.74) is 0. The first-order valence-corrected chi connectivity index (χ1v) is 30.1. The van der Waals surface area contributed by atoms with Crippen LogP contribution in [0.15, 0.2) is 158 Å². The topological polar surface area (TPSA) is 214 Å². The van der Waals surface area contributed by atoms with Crippen LogP contribution in [0.25, 0.3) is 0 Å². The van der Waals surface area contributed by atoms with Crippen molar-refractivity contribution in [2.45, 2.75) is 223 Å². The van der Waals surface area contributed by atoms with Gasteiger partial charge in [-0.1, -0.05) is 185 Å². The molecule has 11 atom stereocenters. The van der Waals surface area contributed by atoms with Gasteiger partial charge in [0.05, 0.1) is 26.4 Å². The molecular weight excluding hydrogens is 1030 g/mol. The highest BCUT2D eigenvalue weighted by molar-refractivity contribution is 5.69. The van der Waals surface area contributed by atoms with Crippen LogP contribution in [-0.4, -0.2) is 142 Å². The molecule has 81 heavy (non-hydrogen) atoms. The van der Waals surface area contributed by atoms with Crippen molar-refractivity contribution in [3.63, 3.8) is 0 Å². The Labute approximate surface area is 486 Å². The molecule has 14 heteroatoms. The van der Waals surface area contributed by atoms with E-state index in [1.165, 1.54) is 0 Å². The number of hydrogen-bond donors (Lipinski definition) is 7. The Morgan fingerprint density at radius 3 is 1.17 bits per heavy atom. The maximum atomic E-state index is 13.1. The van der Waals surface area contributed by atoms with Crippen molar-refractivity contribution in [3.8, 4) is 0 Å². The number of ether oxygens (including phenoxy) is 6. The number of hydrogen-bond acceptors (Lipinski definition) is 14.